The lowest BCUT2D eigenvalue weighted by atomic mass is 10.0. The molecular formula is C13H25NO5. The maximum atomic E-state index is 11.4. The van der Waals surface area contributed by atoms with Crippen LogP contribution in [0.3, 0.4) is 0 Å². The van der Waals surface area contributed by atoms with Gasteiger partial charge < -0.3 is 24.6 Å². The van der Waals surface area contributed by atoms with Crippen LogP contribution in [0.15, 0.2) is 0 Å². The minimum absolute atomic E-state index is 0.0725. The van der Waals surface area contributed by atoms with E-state index in [4.69, 9.17) is 14.2 Å². The van der Waals surface area contributed by atoms with Gasteiger partial charge in [0.05, 0.1) is 25.9 Å². The molecule has 1 aliphatic heterocycles. The maximum Gasteiger partial charge on any atom is 0.407 e. The molecule has 1 unspecified atom stereocenters. The Labute approximate surface area is 114 Å². The highest BCUT2D eigenvalue weighted by atomic mass is 16.7. The molecule has 6 heteroatoms. The van der Waals surface area contributed by atoms with Gasteiger partial charge in [0.15, 0.2) is 5.79 Å². The topological polar surface area (TPSA) is 77.0 Å². The molecule has 0 aliphatic carbocycles. The molecule has 1 fully saturated rings. The number of aliphatic hydroxyl groups is 1. The van der Waals surface area contributed by atoms with Crippen molar-refractivity contribution in [3.63, 3.8) is 0 Å². The molecule has 0 bridgehead atoms. The van der Waals surface area contributed by atoms with Crippen molar-refractivity contribution >= 4 is 6.09 Å². The van der Waals surface area contributed by atoms with E-state index in [0.717, 1.165) is 12.8 Å². The van der Waals surface area contributed by atoms with Crippen molar-refractivity contribution in [1.82, 2.24) is 5.32 Å². The summed E-state index contributed by atoms with van der Waals surface area (Å²) in [6, 6.07) is 0. The fourth-order valence-corrected chi connectivity index (χ4v) is 1.86. The molecule has 1 saturated heterocycles. The Bertz CT molecular complexity index is 282. The molecule has 1 heterocycles. The summed E-state index contributed by atoms with van der Waals surface area (Å²) >= 11 is 0. The predicted octanol–water partition coefficient (Wildman–Crippen LogP) is 1.27. The standard InChI is InChI=1S/C13H25NO5/c1-4-5-6-17-12(16)14-7-10-9-18-13(2,3)19-11(10)8-15/h10-11,15H,4-9H2,1-3H3,(H,14,16)/t10?,11-/m0/s1. The number of aliphatic hydroxyl groups excluding tert-OH is 1. The average molecular weight is 275 g/mol. The molecule has 0 aromatic carbocycles. The van der Waals surface area contributed by atoms with Gasteiger partial charge in [0.2, 0.25) is 0 Å². The van der Waals surface area contributed by atoms with Gasteiger partial charge in [0.1, 0.15) is 0 Å². The number of alkyl carbamates (subject to hydrolysis) is 1. The van der Waals surface area contributed by atoms with E-state index < -0.39 is 11.9 Å². The number of rotatable bonds is 6. The molecule has 0 saturated carbocycles. The second kappa shape index (κ2) is 7.67. The Morgan fingerprint density at radius 3 is 2.89 bits per heavy atom. The van der Waals surface area contributed by atoms with Gasteiger partial charge in [-0.15, -0.1) is 0 Å². The first-order chi connectivity index (χ1) is 8.98. The van der Waals surface area contributed by atoms with E-state index in [1.165, 1.54) is 0 Å². The maximum absolute atomic E-state index is 11.4. The number of hydrogen-bond donors (Lipinski definition) is 2. The first-order valence-corrected chi connectivity index (χ1v) is 6.81. The van der Waals surface area contributed by atoms with Crippen LogP contribution >= 0.6 is 0 Å². The molecule has 0 radical (unpaired) electrons. The van der Waals surface area contributed by atoms with Crippen LogP contribution < -0.4 is 5.32 Å². The fraction of sp³-hybridized carbons (Fsp3) is 0.923. The van der Waals surface area contributed by atoms with Gasteiger partial charge in [-0.2, -0.15) is 0 Å². The number of nitrogens with one attached hydrogen (secondary N) is 1. The van der Waals surface area contributed by atoms with Crippen LogP contribution in [0, 0.1) is 5.92 Å². The highest BCUT2D eigenvalue weighted by Crippen LogP contribution is 2.25. The SMILES string of the molecule is CCCCOC(=O)NCC1COC(C)(C)O[C@H]1CO. The quantitative estimate of drug-likeness (QED) is 0.714. The Hall–Kier alpha value is -0.850. The second-order valence-electron chi connectivity index (χ2n) is 5.18. The minimum atomic E-state index is -0.689. The normalized spacial score (nSPS) is 25.9. The Morgan fingerprint density at radius 1 is 1.53 bits per heavy atom. The summed E-state index contributed by atoms with van der Waals surface area (Å²) in [5.41, 5.74) is 0. The minimum Gasteiger partial charge on any atom is -0.450 e. The van der Waals surface area contributed by atoms with Gasteiger partial charge in [-0.3, -0.25) is 0 Å². The van der Waals surface area contributed by atoms with Crippen molar-refractivity contribution in [3.05, 3.63) is 0 Å². The number of unbranched alkanes of at least 4 members (excludes halogenated alkanes) is 1. The Morgan fingerprint density at radius 2 is 2.26 bits per heavy atom. The summed E-state index contributed by atoms with van der Waals surface area (Å²) in [7, 11) is 0. The molecule has 0 spiro atoms. The van der Waals surface area contributed by atoms with E-state index in [2.05, 4.69) is 5.32 Å². The predicted molar refractivity (Wildman–Crippen MR) is 69.7 cm³/mol. The largest absolute Gasteiger partial charge is 0.450 e. The summed E-state index contributed by atoms with van der Waals surface area (Å²) < 4.78 is 16.1. The third kappa shape index (κ3) is 5.76. The zero-order valence-electron chi connectivity index (χ0n) is 12.0. The third-order valence-corrected chi connectivity index (χ3v) is 3.03. The van der Waals surface area contributed by atoms with Crippen LogP contribution in [0.2, 0.25) is 0 Å². The summed E-state index contributed by atoms with van der Waals surface area (Å²) in [6.07, 6.45) is 1.07. The van der Waals surface area contributed by atoms with Crippen molar-refractivity contribution in [2.45, 2.75) is 45.5 Å². The first kappa shape index (κ1) is 16.2. The lowest BCUT2D eigenvalue weighted by molar-refractivity contribution is -0.296. The highest BCUT2D eigenvalue weighted by Gasteiger charge is 2.36. The van der Waals surface area contributed by atoms with Crippen molar-refractivity contribution in [3.8, 4) is 0 Å². The first-order valence-electron chi connectivity index (χ1n) is 6.81. The van der Waals surface area contributed by atoms with E-state index >= 15 is 0 Å². The molecule has 2 atom stereocenters. The number of ether oxygens (including phenoxy) is 3. The lowest BCUT2D eigenvalue weighted by Crippen LogP contribution is -2.50. The Kier molecular flexibility index (Phi) is 6.54. The molecule has 1 amide bonds. The summed E-state index contributed by atoms with van der Waals surface area (Å²) in [5, 5.41) is 12.0. The van der Waals surface area contributed by atoms with Gasteiger partial charge in [-0.05, 0) is 20.3 Å². The fourth-order valence-electron chi connectivity index (χ4n) is 1.86. The molecule has 0 aromatic rings. The zero-order chi connectivity index (χ0) is 14.3. The molecule has 0 aromatic heterocycles. The molecule has 112 valence electrons. The van der Waals surface area contributed by atoms with E-state index in [1.807, 2.05) is 6.92 Å². The number of carbonyl (C=O) groups excluding carboxylic acids is 1. The van der Waals surface area contributed by atoms with Crippen molar-refractivity contribution in [2.24, 2.45) is 5.92 Å². The van der Waals surface area contributed by atoms with E-state index in [0.29, 0.717) is 19.8 Å². The average Bonchev–Trinajstić information content (AvgIpc) is 2.36. The van der Waals surface area contributed by atoms with Crippen molar-refractivity contribution < 1.29 is 24.1 Å². The second-order valence-corrected chi connectivity index (χ2v) is 5.18. The molecule has 1 rings (SSSR count). The van der Waals surface area contributed by atoms with E-state index in [-0.39, 0.29) is 18.6 Å². The van der Waals surface area contributed by atoms with Gasteiger partial charge in [0, 0.05) is 12.5 Å². The van der Waals surface area contributed by atoms with Gasteiger partial charge in [-0.1, -0.05) is 13.3 Å². The number of hydrogen-bond acceptors (Lipinski definition) is 5. The van der Waals surface area contributed by atoms with Crippen LogP contribution in [0.1, 0.15) is 33.6 Å². The van der Waals surface area contributed by atoms with E-state index in [1.54, 1.807) is 13.8 Å². The van der Waals surface area contributed by atoms with Gasteiger partial charge in [-0.25, -0.2) is 4.79 Å². The van der Waals surface area contributed by atoms with Gasteiger partial charge >= 0.3 is 6.09 Å². The Balaban J connectivity index is 2.30. The summed E-state index contributed by atoms with van der Waals surface area (Å²) in [5.74, 6) is -0.761. The smallest absolute Gasteiger partial charge is 0.407 e. The van der Waals surface area contributed by atoms with Crippen LogP contribution in [-0.2, 0) is 14.2 Å². The molecule has 6 nitrogen and oxygen atoms in total. The van der Waals surface area contributed by atoms with Gasteiger partial charge in [0.25, 0.3) is 0 Å². The lowest BCUT2D eigenvalue weighted by Gasteiger charge is -2.40. The monoisotopic (exact) mass is 275 g/mol. The van der Waals surface area contributed by atoms with Crippen molar-refractivity contribution in [2.75, 3.05) is 26.4 Å². The molecular weight excluding hydrogens is 250 g/mol. The van der Waals surface area contributed by atoms with Crippen LogP contribution in [0.4, 0.5) is 4.79 Å². The summed E-state index contributed by atoms with van der Waals surface area (Å²) in [6.45, 7) is 6.78. The molecule has 2 N–H and O–H groups in total. The molecule has 1 aliphatic rings. The number of carbonyl (C=O) groups is 1. The number of amides is 1. The molecule has 19 heavy (non-hydrogen) atoms. The van der Waals surface area contributed by atoms with Crippen LogP contribution in [0.5, 0.6) is 0 Å². The zero-order valence-corrected chi connectivity index (χ0v) is 12.0. The highest BCUT2D eigenvalue weighted by molar-refractivity contribution is 5.67. The van der Waals surface area contributed by atoms with Crippen LogP contribution in [0.25, 0.3) is 0 Å². The summed E-state index contributed by atoms with van der Waals surface area (Å²) in [4.78, 5) is 11.4. The van der Waals surface area contributed by atoms with Crippen molar-refractivity contribution in [1.29, 1.82) is 0 Å². The van der Waals surface area contributed by atoms with E-state index in [9.17, 15) is 9.90 Å². The third-order valence-electron chi connectivity index (χ3n) is 3.03. The van der Waals surface area contributed by atoms with Crippen LogP contribution in [-0.4, -0.2) is 49.5 Å².